The third-order valence-electron chi connectivity index (χ3n) is 3.23. The predicted molar refractivity (Wildman–Crippen MR) is 73.9 cm³/mol. The van der Waals surface area contributed by atoms with Crippen LogP contribution in [0.1, 0.15) is 26.7 Å². The number of amides is 1. The van der Waals surface area contributed by atoms with Crippen LogP contribution in [-0.2, 0) is 4.79 Å². The average Bonchev–Trinajstić information content (AvgIpc) is 2.54. The van der Waals surface area contributed by atoms with E-state index in [1.54, 1.807) is 4.90 Å². The van der Waals surface area contributed by atoms with E-state index in [2.05, 4.69) is 18.7 Å². The molecule has 0 aromatic heterocycles. The molecule has 0 radical (unpaired) electrons. The molecule has 98 valence electrons. The van der Waals surface area contributed by atoms with Crippen LogP contribution in [0.4, 0.5) is 0 Å². The monoisotopic (exact) mass is 257 g/mol. The highest BCUT2D eigenvalue weighted by atomic mass is 32.1. The van der Waals surface area contributed by atoms with Gasteiger partial charge in [-0.3, -0.25) is 9.69 Å². The van der Waals surface area contributed by atoms with Crippen LogP contribution >= 0.6 is 12.2 Å². The molecule has 0 aliphatic carbocycles. The van der Waals surface area contributed by atoms with Gasteiger partial charge in [0.05, 0.1) is 11.5 Å². The van der Waals surface area contributed by atoms with Gasteiger partial charge >= 0.3 is 0 Å². The molecule has 4 nitrogen and oxygen atoms in total. The summed E-state index contributed by atoms with van der Waals surface area (Å²) in [4.78, 5) is 16.3. The van der Waals surface area contributed by atoms with Gasteiger partial charge in [-0.25, -0.2) is 0 Å². The molecule has 1 fully saturated rings. The molecule has 1 amide bonds. The molecule has 0 atom stereocenters. The minimum Gasteiger partial charge on any atom is -0.393 e. The molecule has 1 heterocycles. The number of rotatable bonds is 5. The molecule has 1 aliphatic heterocycles. The Kier molecular flexibility index (Phi) is 4.89. The maximum atomic E-state index is 11.9. The summed E-state index contributed by atoms with van der Waals surface area (Å²) in [5.41, 5.74) is 5.77. The zero-order valence-electron chi connectivity index (χ0n) is 11.0. The summed E-state index contributed by atoms with van der Waals surface area (Å²) >= 11 is 4.80. The fourth-order valence-electron chi connectivity index (χ4n) is 2.07. The Hall–Kier alpha value is -0.680. The molecule has 1 saturated heterocycles. The lowest BCUT2D eigenvalue weighted by Gasteiger charge is -2.22. The zero-order chi connectivity index (χ0) is 13.1. The number of nitrogens with two attached hydrogens (primary N) is 1. The summed E-state index contributed by atoms with van der Waals surface area (Å²) in [5.74, 6) is 0.152. The van der Waals surface area contributed by atoms with Crippen LogP contribution in [0, 0.1) is 5.41 Å². The minimum absolute atomic E-state index is 0.152. The van der Waals surface area contributed by atoms with Gasteiger partial charge in [0.2, 0.25) is 5.91 Å². The van der Waals surface area contributed by atoms with E-state index < -0.39 is 0 Å². The van der Waals surface area contributed by atoms with Crippen LogP contribution in [0.5, 0.6) is 0 Å². The predicted octanol–water partition coefficient (Wildman–Crippen LogP) is 0.853. The molecule has 0 saturated carbocycles. The standard InChI is InChI=1S/C12H23N3OS/c1-12(2)5-7-15(9-12)8-11(16)14(3)6-4-10(13)17/h4-9H2,1-3H3,(H2,13,17). The Morgan fingerprint density at radius 2 is 2.18 bits per heavy atom. The van der Waals surface area contributed by atoms with Crippen LogP contribution in [0.15, 0.2) is 0 Å². The van der Waals surface area contributed by atoms with E-state index in [4.69, 9.17) is 18.0 Å². The van der Waals surface area contributed by atoms with E-state index in [0.717, 1.165) is 19.5 Å². The first kappa shape index (κ1) is 14.4. The lowest BCUT2D eigenvalue weighted by atomic mass is 9.93. The van der Waals surface area contributed by atoms with Crippen molar-refractivity contribution in [3.05, 3.63) is 0 Å². The lowest BCUT2D eigenvalue weighted by molar-refractivity contribution is -0.130. The van der Waals surface area contributed by atoms with E-state index in [9.17, 15) is 4.79 Å². The van der Waals surface area contributed by atoms with E-state index in [1.807, 2.05) is 7.05 Å². The first-order valence-corrected chi connectivity index (χ1v) is 6.46. The largest absolute Gasteiger partial charge is 0.393 e. The van der Waals surface area contributed by atoms with Crippen LogP contribution in [0.25, 0.3) is 0 Å². The number of carbonyl (C=O) groups excluding carboxylic acids is 1. The molecule has 0 spiro atoms. The molecule has 5 heteroatoms. The number of likely N-dealkylation sites (tertiary alicyclic amines) is 1. The summed E-state index contributed by atoms with van der Waals surface area (Å²) in [7, 11) is 1.81. The number of hydrogen-bond acceptors (Lipinski definition) is 3. The topological polar surface area (TPSA) is 49.6 Å². The van der Waals surface area contributed by atoms with E-state index in [1.165, 1.54) is 0 Å². The molecular formula is C12H23N3OS. The van der Waals surface area contributed by atoms with Gasteiger partial charge in [-0.2, -0.15) is 0 Å². The molecular weight excluding hydrogens is 234 g/mol. The summed E-state index contributed by atoms with van der Waals surface area (Å²) in [6, 6.07) is 0. The first-order valence-electron chi connectivity index (χ1n) is 6.05. The Morgan fingerprint density at radius 3 is 2.65 bits per heavy atom. The quantitative estimate of drug-likeness (QED) is 0.742. The van der Waals surface area contributed by atoms with Crippen molar-refractivity contribution < 1.29 is 4.79 Å². The fourth-order valence-corrected chi connectivity index (χ4v) is 2.17. The number of likely N-dealkylation sites (N-methyl/N-ethyl adjacent to an activating group) is 1. The van der Waals surface area contributed by atoms with Crippen molar-refractivity contribution in [2.45, 2.75) is 26.7 Å². The first-order chi connectivity index (χ1) is 7.80. The molecule has 1 aliphatic rings. The Bertz CT molecular complexity index is 304. The van der Waals surface area contributed by atoms with E-state index >= 15 is 0 Å². The average molecular weight is 257 g/mol. The van der Waals surface area contributed by atoms with Crippen LogP contribution < -0.4 is 5.73 Å². The maximum absolute atomic E-state index is 11.9. The Balaban J connectivity index is 2.32. The Morgan fingerprint density at radius 1 is 1.53 bits per heavy atom. The second-order valence-corrected chi connectivity index (χ2v) is 6.18. The lowest BCUT2D eigenvalue weighted by Crippen LogP contribution is -2.39. The van der Waals surface area contributed by atoms with Crippen molar-refractivity contribution in [1.82, 2.24) is 9.80 Å². The van der Waals surface area contributed by atoms with E-state index in [0.29, 0.717) is 29.9 Å². The molecule has 2 N–H and O–H groups in total. The highest BCUT2D eigenvalue weighted by molar-refractivity contribution is 7.80. The molecule has 0 aromatic carbocycles. The molecule has 0 bridgehead atoms. The van der Waals surface area contributed by atoms with Gasteiger partial charge < -0.3 is 10.6 Å². The minimum atomic E-state index is 0.152. The third-order valence-corrected chi connectivity index (χ3v) is 3.44. The number of nitrogens with zero attached hydrogens (tertiary/aromatic N) is 2. The molecule has 1 rings (SSSR count). The van der Waals surface area contributed by atoms with Crippen molar-refractivity contribution in [3.63, 3.8) is 0 Å². The number of thiocarbonyl (C=S) groups is 1. The van der Waals surface area contributed by atoms with Gasteiger partial charge in [-0.15, -0.1) is 0 Å². The van der Waals surface area contributed by atoms with Gasteiger partial charge in [0.15, 0.2) is 0 Å². The van der Waals surface area contributed by atoms with Crippen LogP contribution in [0.3, 0.4) is 0 Å². The summed E-state index contributed by atoms with van der Waals surface area (Å²) in [6.45, 7) is 7.63. The van der Waals surface area contributed by atoms with Crippen molar-refractivity contribution >= 4 is 23.1 Å². The fraction of sp³-hybridized carbons (Fsp3) is 0.833. The van der Waals surface area contributed by atoms with Gasteiger partial charge in [0.25, 0.3) is 0 Å². The van der Waals surface area contributed by atoms with Crippen LogP contribution in [-0.4, -0.2) is 53.9 Å². The van der Waals surface area contributed by atoms with Crippen molar-refractivity contribution in [3.8, 4) is 0 Å². The maximum Gasteiger partial charge on any atom is 0.236 e. The second-order valence-electron chi connectivity index (χ2n) is 5.66. The van der Waals surface area contributed by atoms with Gasteiger partial charge in [0, 0.05) is 26.6 Å². The van der Waals surface area contributed by atoms with Crippen molar-refractivity contribution in [2.75, 3.05) is 33.2 Å². The SMILES string of the molecule is CN(CCC(N)=S)C(=O)CN1CCC(C)(C)C1. The summed E-state index contributed by atoms with van der Waals surface area (Å²) in [5, 5.41) is 0. The van der Waals surface area contributed by atoms with Gasteiger partial charge in [0.1, 0.15) is 0 Å². The number of hydrogen-bond donors (Lipinski definition) is 1. The Labute approximate surface area is 109 Å². The highest BCUT2D eigenvalue weighted by Gasteiger charge is 2.30. The smallest absolute Gasteiger partial charge is 0.236 e. The molecule has 17 heavy (non-hydrogen) atoms. The molecule has 0 unspecified atom stereocenters. The normalized spacial score (nSPS) is 19.2. The highest BCUT2D eigenvalue weighted by Crippen LogP contribution is 2.28. The zero-order valence-corrected chi connectivity index (χ0v) is 11.8. The van der Waals surface area contributed by atoms with Crippen molar-refractivity contribution in [2.24, 2.45) is 11.1 Å². The van der Waals surface area contributed by atoms with Crippen molar-refractivity contribution in [1.29, 1.82) is 0 Å². The van der Waals surface area contributed by atoms with Crippen LogP contribution in [0.2, 0.25) is 0 Å². The van der Waals surface area contributed by atoms with Gasteiger partial charge in [-0.05, 0) is 18.4 Å². The third kappa shape index (κ3) is 5.00. The second kappa shape index (κ2) is 5.78. The summed E-state index contributed by atoms with van der Waals surface area (Å²) < 4.78 is 0. The molecule has 0 aromatic rings. The summed E-state index contributed by atoms with van der Waals surface area (Å²) in [6.07, 6.45) is 1.76. The van der Waals surface area contributed by atoms with Gasteiger partial charge in [-0.1, -0.05) is 26.1 Å². The van der Waals surface area contributed by atoms with E-state index in [-0.39, 0.29) is 5.91 Å². The number of carbonyl (C=O) groups is 1.